The minimum Gasteiger partial charge on any atom is -0.421 e. The number of cyclic esters (lactones) is 1. The van der Waals surface area contributed by atoms with Crippen LogP contribution in [0.3, 0.4) is 0 Å². The number of ether oxygens (including phenoxy) is 2. The Balaban J connectivity index is 1.60. The normalized spacial score (nSPS) is 14.3. The predicted octanol–water partition coefficient (Wildman–Crippen LogP) is 6.42. The third kappa shape index (κ3) is 5.05. The van der Waals surface area contributed by atoms with E-state index in [0.29, 0.717) is 21.9 Å². The van der Waals surface area contributed by atoms with E-state index in [-0.39, 0.29) is 11.6 Å². The van der Waals surface area contributed by atoms with Crippen molar-refractivity contribution in [3.05, 3.63) is 101 Å². The van der Waals surface area contributed by atoms with Gasteiger partial charge in [0.25, 0.3) is 0 Å². The number of aliphatic imine (C=N–C) groups is 1. The summed E-state index contributed by atoms with van der Waals surface area (Å²) in [5, 5.41) is 0.448. The lowest BCUT2D eigenvalue weighted by Crippen LogP contribution is -2.10. The smallest absolute Gasteiger partial charge is 0.363 e. The van der Waals surface area contributed by atoms with E-state index >= 15 is 0 Å². The van der Waals surface area contributed by atoms with Crippen LogP contribution >= 0.6 is 56.8 Å². The van der Waals surface area contributed by atoms with Crippen molar-refractivity contribution < 1.29 is 19.1 Å². The summed E-state index contributed by atoms with van der Waals surface area (Å²) in [6.07, 6.45) is 1.63. The molecule has 0 atom stereocenters. The fourth-order valence-corrected chi connectivity index (χ4v) is 5.17. The van der Waals surface area contributed by atoms with Crippen molar-refractivity contribution in [2.45, 2.75) is 6.92 Å². The van der Waals surface area contributed by atoms with Crippen molar-refractivity contribution in [3.8, 4) is 5.75 Å². The van der Waals surface area contributed by atoms with Crippen molar-refractivity contribution in [2.75, 3.05) is 0 Å². The van der Waals surface area contributed by atoms with E-state index in [2.05, 4.69) is 50.2 Å². The number of aryl methyl sites for hydroxylation is 1. The number of carbonyl (C=O) groups is 2. The number of nitrogens with zero attached hydrogens (tertiary/aromatic N) is 1. The molecule has 32 heavy (non-hydrogen) atoms. The number of hydrogen-bond acceptors (Lipinski definition) is 5. The first-order valence-corrected chi connectivity index (χ1v) is 11.9. The van der Waals surface area contributed by atoms with Crippen molar-refractivity contribution >= 4 is 80.7 Å². The largest absolute Gasteiger partial charge is 0.421 e. The molecule has 3 aromatic carbocycles. The Morgan fingerprint density at radius 3 is 2.38 bits per heavy atom. The van der Waals surface area contributed by atoms with Crippen LogP contribution in [0, 0.1) is 14.1 Å². The molecule has 0 saturated heterocycles. The molecule has 8 heteroatoms. The molecule has 0 N–H and O–H groups in total. The van der Waals surface area contributed by atoms with Gasteiger partial charge >= 0.3 is 11.9 Å². The fourth-order valence-electron chi connectivity index (χ4n) is 2.92. The van der Waals surface area contributed by atoms with Crippen LogP contribution in [0.25, 0.3) is 6.08 Å². The lowest BCUT2D eigenvalue weighted by molar-refractivity contribution is -0.129. The Kier molecular flexibility index (Phi) is 6.96. The van der Waals surface area contributed by atoms with Crippen LogP contribution in [-0.2, 0) is 9.53 Å². The van der Waals surface area contributed by atoms with E-state index in [9.17, 15) is 9.59 Å². The van der Waals surface area contributed by atoms with E-state index in [1.54, 1.807) is 42.5 Å². The highest BCUT2D eigenvalue weighted by molar-refractivity contribution is 14.1. The Hall–Kier alpha value is -2.24. The summed E-state index contributed by atoms with van der Waals surface area (Å²) < 4.78 is 12.4. The number of halogens is 3. The van der Waals surface area contributed by atoms with Gasteiger partial charge in [0.2, 0.25) is 5.90 Å². The molecule has 0 aromatic heterocycles. The molecular formula is C24H14ClI2NO4. The van der Waals surface area contributed by atoms with Gasteiger partial charge in [0.05, 0.1) is 23.3 Å². The fraction of sp³-hybridized carbons (Fsp3) is 0.0417. The standard InChI is InChI=1S/C24H14ClI2NO4/c1-13-6-8-15(9-7-13)23(29)31-21-18(26)10-14(11-19(21)27)12-20-24(30)32-22(28-20)16-4-2-3-5-17(16)25/h2-12H,1H3/b20-12-. The maximum atomic E-state index is 12.5. The first-order valence-electron chi connectivity index (χ1n) is 9.37. The van der Waals surface area contributed by atoms with Crippen LogP contribution in [-0.4, -0.2) is 17.8 Å². The summed E-state index contributed by atoms with van der Waals surface area (Å²) in [7, 11) is 0. The van der Waals surface area contributed by atoms with Gasteiger partial charge in [-0.15, -0.1) is 0 Å². The van der Waals surface area contributed by atoms with E-state index in [4.69, 9.17) is 21.1 Å². The van der Waals surface area contributed by atoms with Gasteiger partial charge in [-0.2, -0.15) is 0 Å². The Morgan fingerprint density at radius 1 is 1.06 bits per heavy atom. The second kappa shape index (κ2) is 9.72. The molecule has 1 aliphatic heterocycles. The van der Waals surface area contributed by atoms with E-state index in [1.165, 1.54) is 0 Å². The Morgan fingerprint density at radius 2 is 1.72 bits per heavy atom. The van der Waals surface area contributed by atoms with Gasteiger partial charge in [-0.3, -0.25) is 0 Å². The van der Waals surface area contributed by atoms with E-state index in [0.717, 1.165) is 18.3 Å². The topological polar surface area (TPSA) is 65.0 Å². The van der Waals surface area contributed by atoms with Gasteiger partial charge in [0.15, 0.2) is 11.4 Å². The molecule has 5 nitrogen and oxygen atoms in total. The minimum absolute atomic E-state index is 0.163. The molecule has 0 radical (unpaired) electrons. The molecule has 0 bridgehead atoms. The molecule has 0 spiro atoms. The third-order valence-corrected chi connectivity index (χ3v) is 6.46. The Labute approximate surface area is 216 Å². The summed E-state index contributed by atoms with van der Waals surface area (Å²) in [6, 6.07) is 17.8. The second-order valence-corrected chi connectivity index (χ2v) is 9.62. The molecule has 0 saturated carbocycles. The molecule has 4 rings (SSSR count). The zero-order chi connectivity index (χ0) is 22.8. The molecule has 0 amide bonds. The number of benzene rings is 3. The van der Waals surface area contributed by atoms with Crippen LogP contribution < -0.4 is 4.74 Å². The first-order chi connectivity index (χ1) is 15.3. The molecule has 0 unspecified atom stereocenters. The molecule has 3 aromatic rings. The molecule has 0 aliphatic carbocycles. The summed E-state index contributed by atoms with van der Waals surface area (Å²) in [4.78, 5) is 29.1. The SMILES string of the molecule is Cc1ccc(C(=O)Oc2c(I)cc(/C=C3\N=C(c4ccccc4Cl)OC3=O)cc2I)cc1. The lowest BCUT2D eigenvalue weighted by atomic mass is 10.1. The van der Waals surface area contributed by atoms with E-state index in [1.807, 2.05) is 31.2 Å². The maximum Gasteiger partial charge on any atom is 0.363 e. The van der Waals surface area contributed by atoms with Gasteiger partial charge < -0.3 is 9.47 Å². The van der Waals surface area contributed by atoms with Gasteiger partial charge in [-0.05, 0) is 100 Å². The highest BCUT2D eigenvalue weighted by Crippen LogP contribution is 2.31. The lowest BCUT2D eigenvalue weighted by Gasteiger charge is -2.10. The average molecular weight is 670 g/mol. The van der Waals surface area contributed by atoms with Gasteiger partial charge in [0.1, 0.15) is 0 Å². The molecular weight excluding hydrogens is 656 g/mol. The predicted molar refractivity (Wildman–Crippen MR) is 140 cm³/mol. The van der Waals surface area contributed by atoms with Crippen LogP contribution in [0.2, 0.25) is 5.02 Å². The van der Waals surface area contributed by atoms with Gasteiger partial charge in [0, 0.05) is 0 Å². The van der Waals surface area contributed by atoms with Crippen molar-refractivity contribution in [2.24, 2.45) is 4.99 Å². The Bertz CT molecular complexity index is 1280. The quantitative estimate of drug-likeness (QED) is 0.139. The zero-order valence-corrected chi connectivity index (χ0v) is 21.6. The molecule has 1 heterocycles. The maximum absolute atomic E-state index is 12.5. The number of carbonyl (C=O) groups excluding carboxylic acids is 2. The molecule has 0 fully saturated rings. The molecule has 1 aliphatic rings. The molecule has 160 valence electrons. The van der Waals surface area contributed by atoms with Crippen molar-refractivity contribution in [3.63, 3.8) is 0 Å². The van der Waals surface area contributed by atoms with Crippen molar-refractivity contribution in [1.29, 1.82) is 0 Å². The van der Waals surface area contributed by atoms with Crippen molar-refractivity contribution in [1.82, 2.24) is 0 Å². The van der Waals surface area contributed by atoms with Gasteiger partial charge in [-0.25, -0.2) is 14.6 Å². The van der Waals surface area contributed by atoms with E-state index < -0.39 is 11.9 Å². The van der Waals surface area contributed by atoms with Crippen LogP contribution in [0.5, 0.6) is 5.75 Å². The monoisotopic (exact) mass is 669 g/mol. The summed E-state index contributed by atoms with van der Waals surface area (Å²) >= 11 is 10.4. The summed E-state index contributed by atoms with van der Waals surface area (Å²) in [5.41, 5.74) is 2.98. The van der Waals surface area contributed by atoms with Crippen LogP contribution in [0.15, 0.2) is 71.4 Å². The number of rotatable bonds is 4. The summed E-state index contributed by atoms with van der Waals surface area (Å²) in [5.74, 6) is -0.354. The van der Waals surface area contributed by atoms with Crippen LogP contribution in [0.1, 0.15) is 27.0 Å². The van der Waals surface area contributed by atoms with Crippen LogP contribution in [0.4, 0.5) is 0 Å². The highest BCUT2D eigenvalue weighted by Gasteiger charge is 2.25. The highest BCUT2D eigenvalue weighted by atomic mass is 127. The first kappa shape index (κ1) is 22.9. The number of esters is 2. The zero-order valence-electron chi connectivity index (χ0n) is 16.6. The second-order valence-electron chi connectivity index (χ2n) is 6.89. The summed E-state index contributed by atoms with van der Waals surface area (Å²) in [6.45, 7) is 1.95. The van der Waals surface area contributed by atoms with Gasteiger partial charge in [-0.1, -0.05) is 41.4 Å². The minimum atomic E-state index is -0.556. The number of hydrogen-bond donors (Lipinski definition) is 0. The average Bonchev–Trinajstić information content (AvgIpc) is 3.11. The third-order valence-electron chi connectivity index (χ3n) is 4.53.